The molecule has 1 fully saturated rings. The van der Waals surface area contributed by atoms with Gasteiger partial charge in [0, 0.05) is 25.1 Å². The molecule has 0 spiro atoms. The van der Waals surface area contributed by atoms with Crippen LogP contribution in [-0.2, 0) is 22.5 Å². The zero-order chi connectivity index (χ0) is 10.7. The van der Waals surface area contributed by atoms with Crippen LogP contribution in [0.4, 0.5) is 0 Å². The number of rotatable bonds is 3. The fourth-order valence-corrected chi connectivity index (χ4v) is 1.84. The van der Waals surface area contributed by atoms with Gasteiger partial charge in [0.05, 0.1) is 19.4 Å². The first-order valence-electron chi connectivity index (χ1n) is 5.41. The van der Waals surface area contributed by atoms with E-state index in [4.69, 9.17) is 4.74 Å². The summed E-state index contributed by atoms with van der Waals surface area (Å²) in [6.07, 6.45) is 5.17. The van der Waals surface area contributed by atoms with Crippen molar-refractivity contribution in [2.45, 2.75) is 26.3 Å². The Kier molecular flexibility index (Phi) is 3.16. The Morgan fingerprint density at radius 2 is 2.53 bits per heavy atom. The number of carbonyl (C=O) groups is 1. The number of aryl methyl sites for hydroxylation is 1. The molecule has 0 aromatic carbocycles. The lowest BCUT2D eigenvalue weighted by molar-refractivity contribution is -0.130. The second-order valence-electron chi connectivity index (χ2n) is 3.90. The van der Waals surface area contributed by atoms with Crippen LogP contribution >= 0.6 is 0 Å². The fourth-order valence-electron chi connectivity index (χ4n) is 1.84. The van der Waals surface area contributed by atoms with Crippen LogP contribution < -0.4 is 0 Å². The van der Waals surface area contributed by atoms with Crippen LogP contribution in [0.2, 0.25) is 0 Å². The average molecular weight is 208 g/mol. The third-order valence-electron chi connectivity index (χ3n) is 2.76. The third-order valence-corrected chi connectivity index (χ3v) is 2.76. The number of ether oxygens (including phenoxy) is 1. The lowest BCUT2D eigenvalue weighted by Gasteiger charge is -2.20. The molecule has 1 aliphatic heterocycles. The standard InChI is InChI=1S/C11H16N2O2/c1-2-13-7-9(6-12-13)5-10-8-15-4-3-11(10)14/h6-7,10H,2-5,8H2,1H3. The first kappa shape index (κ1) is 10.4. The van der Waals surface area contributed by atoms with Gasteiger partial charge in [-0.3, -0.25) is 9.48 Å². The van der Waals surface area contributed by atoms with Gasteiger partial charge in [0.25, 0.3) is 0 Å². The van der Waals surface area contributed by atoms with E-state index in [0.717, 1.165) is 18.5 Å². The summed E-state index contributed by atoms with van der Waals surface area (Å²) in [6.45, 7) is 4.07. The van der Waals surface area contributed by atoms with Gasteiger partial charge in [-0.1, -0.05) is 0 Å². The monoisotopic (exact) mass is 208 g/mol. The van der Waals surface area contributed by atoms with E-state index in [1.54, 1.807) is 0 Å². The van der Waals surface area contributed by atoms with Gasteiger partial charge in [0.2, 0.25) is 0 Å². The average Bonchev–Trinajstić information content (AvgIpc) is 2.69. The van der Waals surface area contributed by atoms with Gasteiger partial charge < -0.3 is 4.74 Å². The normalized spacial score (nSPS) is 21.9. The number of hydrogen-bond acceptors (Lipinski definition) is 3. The molecule has 1 unspecified atom stereocenters. The first-order chi connectivity index (χ1) is 7.29. The Balaban J connectivity index is 1.98. The molecule has 1 aliphatic rings. The van der Waals surface area contributed by atoms with E-state index < -0.39 is 0 Å². The molecule has 82 valence electrons. The quantitative estimate of drug-likeness (QED) is 0.745. The van der Waals surface area contributed by atoms with Crippen molar-refractivity contribution >= 4 is 5.78 Å². The molecule has 0 amide bonds. The van der Waals surface area contributed by atoms with Crippen LogP contribution in [0.15, 0.2) is 12.4 Å². The molecule has 0 radical (unpaired) electrons. The number of carbonyl (C=O) groups excluding carboxylic acids is 1. The summed E-state index contributed by atoms with van der Waals surface area (Å²) >= 11 is 0. The SMILES string of the molecule is CCn1cc(CC2COCCC2=O)cn1. The summed E-state index contributed by atoms with van der Waals surface area (Å²) in [5, 5.41) is 4.19. The number of ketones is 1. The molecule has 0 aliphatic carbocycles. The second-order valence-corrected chi connectivity index (χ2v) is 3.90. The highest BCUT2D eigenvalue weighted by atomic mass is 16.5. The number of aromatic nitrogens is 2. The Labute approximate surface area is 89.2 Å². The lowest BCUT2D eigenvalue weighted by atomic mass is 9.94. The summed E-state index contributed by atoms with van der Waals surface area (Å²) in [6, 6.07) is 0. The summed E-state index contributed by atoms with van der Waals surface area (Å²) in [5.74, 6) is 0.360. The maximum Gasteiger partial charge on any atom is 0.140 e. The van der Waals surface area contributed by atoms with E-state index in [1.165, 1.54) is 0 Å². The van der Waals surface area contributed by atoms with E-state index in [-0.39, 0.29) is 5.92 Å². The minimum Gasteiger partial charge on any atom is -0.380 e. The minimum atomic E-state index is 0.0354. The highest BCUT2D eigenvalue weighted by Crippen LogP contribution is 2.15. The molecular formula is C11H16N2O2. The van der Waals surface area contributed by atoms with Crippen LogP contribution in [0.5, 0.6) is 0 Å². The van der Waals surface area contributed by atoms with Crippen molar-refractivity contribution in [1.82, 2.24) is 9.78 Å². The van der Waals surface area contributed by atoms with Gasteiger partial charge >= 0.3 is 0 Å². The van der Waals surface area contributed by atoms with Gasteiger partial charge in [0.1, 0.15) is 5.78 Å². The van der Waals surface area contributed by atoms with Crippen LogP contribution in [0, 0.1) is 5.92 Å². The third kappa shape index (κ3) is 2.45. The molecule has 1 aromatic rings. The topological polar surface area (TPSA) is 44.1 Å². The molecule has 1 saturated heterocycles. The summed E-state index contributed by atoms with van der Waals surface area (Å²) < 4.78 is 7.19. The van der Waals surface area contributed by atoms with Gasteiger partial charge in [-0.05, 0) is 18.9 Å². The van der Waals surface area contributed by atoms with E-state index in [1.807, 2.05) is 24.0 Å². The van der Waals surface area contributed by atoms with E-state index >= 15 is 0 Å². The fraction of sp³-hybridized carbons (Fsp3) is 0.636. The second kappa shape index (κ2) is 4.57. The minimum absolute atomic E-state index is 0.0354. The first-order valence-corrected chi connectivity index (χ1v) is 5.41. The summed E-state index contributed by atoms with van der Waals surface area (Å²) in [5.41, 5.74) is 1.13. The zero-order valence-corrected chi connectivity index (χ0v) is 8.98. The molecular weight excluding hydrogens is 192 g/mol. The highest BCUT2D eigenvalue weighted by Gasteiger charge is 2.23. The number of hydrogen-bond donors (Lipinski definition) is 0. The van der Waals surface area contributed by atoms with Crippen molar-refractivity contribution < 1.29 is 9.53 Å². The molecule has 2 heterocycles. The smallest absolute Gasteiger partial charge is 0.140 e. The molecule has 15 heavy (non-hydrogen) atoms. The van der Waals surface area contributed by atoms with Crippen LogP contribution in [0.1, 0.15) is 18.9 Å². The Hall–Kier alpha value is -1.16. The Bertz CT molecular complexity index is 346. The highest BCUT2D eigenvalue weighted by molar-refractivity contribution is 5.82. The van der Waals surface area contributed by atoms with Crippen molar-refractivity contribution in [2.24, 2.45) is 5.92 Å². The largest absolute Gasteiger partial charge is 0.380 e. The van der Waals surface area contributed by atoms with Crippen molar-refractivity contribution in [2.75, 3.05) is 13.2 Å². The van der Waals surface area contributed by atoms with E-state index in [0.29, 0.717) is 25.4 Å². The zero-order valence-electron chi connectivity index (χ0n) is 8.98. The van der Waals surface area contributed by atoms with Gasteiger partial charge in [-0.15, -0.1) is 0 Å². The molecule has 0 N–H and O–H groups in total. The molecule has 1 aromatic heterocycles. The van der Waals surface area contributed by atoms with Crippen molar-refractivity contribution in [1.29, 1.82) is 0 Å². The Morgan fingerprint density at radius 1 is 1.67 bits per heavy atom. The maximum absolute atomic E-state index is 11.6. The van der Waals surface area contributed by atoms with Crippen LogP contribution in [0.25, 0.3) is 0 Å². The number of nitrogens with zero attached hydrogens (tertiary/aromatic N) is 2. The summed E-state index contributed by atoms with van der Waals surface area (Å²) in [7, 11) is 0. The molecule has 2 rings (SSSR count). The van der Waals surface area contributed by atoms with Gasteiger partial charge in [-0.2, -0.15) is 5.10 Å². The van der Waals surface area contributed by atoms with Gasteiger partial charge in [-0.25, -0.2) is 0 Å². The predicted octanol–water partition coefficient (Wildman–Crippen LogP) is 1.05. The maximum atomic E-state index is 11.6. The van der Waals surface area contributed by atoms with E-state index in [9.17, 15) is 4.79 Å². The number of Topliss-reactive ketones (excluding diaryl/α,β-unsaturated/α-hetero) is 1. The lowest BCUT2D eigenvalue weighted by Crippen LogP contribution is -2.28. The molecule has 1 atom stereocenters. The van der Waals surface area contributed by atoms with Crippen LogP contribution in [0.3, 0.4) is 0 Å². The van der Waals surface area contributed by atoms with Crippen molar-refractivity contribution in [3.63, 3.8) is 0 Å². The molecule has 0 saturated carbocycles. The molecule has 4 heteroatoms. The van der Waals surface area contributed by atoms with Crippen molar-refractivity contribution in [3.8, 4) is 0 Å². The molecule has 4 nitrogen and oxygen atoms in total. The predicted molar refractivity (Wildman–Crippen MR) is 55.5 cm³/mol. The van der Waals surface area contributed by atoms with Gasteiger partial charge in [0.15, 0.2) is 0 Å². The summed E-state index contributed by atoms with van der Waals surface area (Å²) in [4.78, 5) is 11.6. The molecule has 0 bridgehead atoms. The van der Waals surface area contributed by atoms with E-state index in [2.05, 4.69) is 5.10 Å². The van der Waals surface area contributed by atoms with Crippen LogP contribution in [-0.4, -0.2) is 28.8 Å². The Morgan fingerprint density at radius 3 is 3.20 bits per heavy atom. The van der Waals surface area contributed by atoms with Crippen molar-refractivity contribution in [3.05, 3.63) is 18.0 Å².